The minimum atomic E-state index is -0.310. The highest BCUT2D eigenvalue weighted by Gasteiger charge is 2.17. The highest BCUT2D eigenvalue weighted by Crippen LogP contribution is 2.31. The van der Waals surface area contributed by atoms with Gasteiger partial charge in [0.05, 0.1) is 19.9 Å². The first-order chi connectivity index (χ1) is 14.6. The molecule has 0 amide bonds. The number of hydrogen-bond donors (Lipinski definition) is 0. The lowest BCUT2D eigenvalue weighted by atomic mass is 10.2. The van der Waals surface area contributed by atoms with Gasteiger partial charge in [0.25, 0.3) is 5.89 Å². The van der Waals surface area contributed by atoms with Gasteiger partial charge in [-0.25, -0.2) is 4.68 Å². The number of hydrogen-bond acceptors (Lipinski definition) is 8. The summed E-state index contributed by atoms with van der Waals surface area (Å²) in [5.41, 5.74) is 1.25. The highest BCUT2D eigenvalue weighted by atomic mass is 32.2. The molecule has 0 N–H and O–H groups in total. The summed E-state index contributed by atoms with van der Waals surface area (Å²) in [6.07, 6.45) is 3.61. The van der Waals surface area contributed by atoms with Crippen molar-refractivity contribution < 1.29 is 14.0 Å². The molecule has 2 aromatic heterocycles. The van der Waals surface area contributed by atoms with Gasteiger partial charge in [0.2, 0.25) is 11.3 Å². The van der Waals surface area contributed by atoms with E-state index in [0.717, 1.165) is 10.6 Å². The van der Waals surface area contributed by atoms with Crippen molar-refractivity contribution in [3.63, 3.8) is 0 Å². The average Bonchev–Trinajstić information content (AvgIpc) is 3.29. The SMILES string of the molecule is COc1ccc(-c2noc(-c3nn(-c4cccc(SC)c4)ccc3=O)n2)cc1OC. The van der Waals surface area contributed by atoms with Crippen molar-refractivity contribution in [3.05, 3.63) is 65.0 Å². The summed E-state index contributed by atoms with van der Waals surface area (Å²) >= 11 is 1.62. The van der Waals surface area contributed by atoms with Crippen LogP contribution in [0, 0.1) is 0 Å². The molecule has 0 aliphatic heterocycles. The highest BCUT2D eigenvalue weighted by molar-refractivity contribution is 7.98. The Labute approximate surface area is 176 Å². The van der Waals surface area contributed by atoms with E-state index in [1.54, 1.807) is 55.1 Å². The van der Waals surface area contributed by atoms with Crippen LogP contribution in [0.4, 0.5) is 0 Å². The van der Waals surface area contributed by atoms with Crippen molar-refractivity contribution in [2.75, 3.05) is 20.5 Å². The van der Waals surface area contributed by atoms with E-state index in [2.05, 4.69) is 15.2 Å². The third-order valence-electron chi connectivity index (χ3n) is 4.40. The fraction of sp³-hybridized carbons (Fsp3) is 0.143. The van der Waals surface area contributed by atoms with E-state index in [1.807, 2.05) is 30.5 Å². The van der Waals surface area contributed by atoms with Crippen LogP contribution in [0.2, 0.25) is 0 Å². The number of rotatable bonds is 6. The Hall–Kier alpha value is -3.59. The molecule has 0 bridgehead atoms. The maximum atomic E-state index is 12.4. The first-order valence-electron chi connectivity index (χ1n) is 8.94. The molecule has 0 saturated heterocycles. The fourth-order valence-electron chi connectivity index (χ4n) is 2.86. The second kappa shape index (κ2) is 8.42. The molecular formula is C21H18N4O4S. The van der Waals surface area contributed by atoms with Gasteiger partial charge in [-0.3, -0.25) is 4.79 Å². The Morgan fingerprint density at radius 2 is 1.87 bits per heavy atom. The molecule has 152 valence electrons. The Morgan fingerprint density at radius 1 is 1.03 bits per heavy atom. The van der Waals surface area contributed by atoms with Crippen molar-refractivity contribution >= 4 is 11.8 Å². The van der Waals surface area contributed by atoms with E-state index in [-0.39, 0.29) is 17.0 Å². The minimum absolute atomic E-state index is 0.0418. The Kier molecular flexibility index (Phi) is 5.53. The third-order valence-corrected chi connectivity index (χ3v) is 5.12. The molecule has 2 aromatic carbocycles. The Balaban J connectivity index is 1.72. The molecule has 0 aliphatic rings. The van der Waals surface area contributed by atoms with Crippen molar-refractivity contribution in [2.45, 2.75) is 4.90 Å². The van der Waals surface area contributed by atoms with E-state index in [1.165, 1.54) is 6.07 Å². The summed E-state index contributed by atoms with van der Waals surface area (Å²) in [5, 5.41) is 8.40. The van der Waals surface area contributed by atoms with Crippen LogP contribution in [0.3, 0.4) is 0 Å². The van der Waals surface area contributed by atoms with Gasteiger partial charge < -0.3 is 14.0 Å². The molecule has 4 aromatic rings. The lowest BCUT2D eigenvalue weighted by Gasteiger charge is -2.07. The molecule has 0 radical (unpaired) electrons. The van der Waals surface area contributed by atoms with Gasteiger partial charge in [0.1, 0.15) is 0 Å². The van der Waals surface area contributed by atoms with Crippen LogP contribution in [0.5, 0.6) is 11.5 Å². The van der Waals surface area contributed by atoms with Crippen LogP contribution < -0.4 is 14.9 Å². The number of ether oxygens (including phenoxy) is 2. The standard InChI is InChI=1S/C21H18N4O4S/c1-27-17-8-7-13(11-18(17)28-2)20-22-21(29-24-20)19-16(26)9-10-25(23-19)14-5-4-6-15(12-14)30-3/h4-12H,1-3H3. The predicted molar refractivity (Wildman–Crippen MR) is 113 cm³/mol. The van der Waals surface area contributed by atoms with Crippen LogP contribution >= 0.6 is 11.8 Å². The zero-order valence-corrected chi connectivity index (χ0v) is 17.3. The third kappa shape index (κ3) is 3.79. The molecule has 0 atom stereocenters. The normalized spacial score (nSPS) is 10.8. The summed E-state index contributed by atoms with van der Waals surface area (Å²) in [6.45, 7) is 0. The van der Waals surface area contributed by atoms with Gasteiger partial charge in [0, 0.05) is 22.7 Å². The zero-order chi connectivity index (χ0) is 21.1. The molecule has 0 aliphatic carbocycles. The molecule has 0 spiro atoms. The van der Waals surface area contributed by atoms with Crippen LogP contribution in [-0.4, -0.2) is 40.4 Å². The second-order valence-corrected chi connectivity index (χ2v) is 7.05. The zero-order valence-electron chi connectivity index (χ0n) is 16.5. The van der Waals surface area contributed by atoms with Gasteiger partial charge in [-0.05, 0) is 42.7 Å². The van der Waals surface area contributed by atoms with E-state index >= 15 is 0 Å². The first kappa shape index (κ1) is 19.7. The number of aromatic nitrogens is 4. The fourth-order valence-corrected chi connectivity index (χ4v) is 3.32. The van der Waals surface area contributed by atoms with Crippen LogP contribution in [0.1, 0.15) is 0 Å². The maximum Gasteiger partial charge on any atom is 0.282 e. The second-order valence-electron chi connectivity index (χ2n) is 6.17. The molecule has 0 fully saturated rings. The lowest BCUT2D eigenvalue weighted by Crippen LogP contribution is -2.12. The van der Waals surface area contributed by atoms with Gasteiger partial charge in [-0.15, -0.1) is 11.8 Å². The number of methoxy groups -OCH3 is 2. The molecule has 4 rings (SSSR count). The monoisotopic (exact) mass is 422 g/mol. The largest absolute Gasteiger partial charge is 0.493 e. The van der Waals surface area contributed by atoms with Crippen LogP contribution in [0.15, 0.2) is 68.9 Å². The summed E-state index contributed by atoms with van der Waals surface area (Å²) in [4.78, 5) is 17.9. The van der Waals surface area contributed by atoms with Crippen molar-refractivity contribution in [1.82, 2.24) is 19.9 Å². The average molecular weight is 422 g/mol. The van der Waals surface area contributed by atoms with E-state index in [4.69, 9.17) is 14.0 Å². The van der Waals surface area contributed by atoms with Gasteiger partial charge in [0.15, 0.2) is 17.2 Å². The van der Waals surface area contributed by atoms with Crippen molar-refractivity contribution in [2.24, 2.45) is 0 Å². The number of nitrogens with zero attached hydrogens (tertiary/aromatic N) is 4. The number of thioether (sulfide) groups is 1. The topological polar surface area (TPSA) is 92.3 Å². The molecule has 0 saturated carbocycles. The molecular weight excluding hydrogens is 404 g/mol. The van der Waals surface area contributed by atoms with Crippen molar-refractivity contribution in [3.8, 4) is 40.2 Å². The molecule has 30 heavy (non-hydrogen) atoms. The molecule has 8 nitrogen and oxygen atoms in total. The first-order valence-corrected chi connectivity index (χ1v) is 10.2. The summed E-state index contributed by atoms with van der Waals surface area (Å²) in [5.74, 6) is 1.48. The van der Waals surface area contributed by atoms with E-state index in [0.29, 0.717) is 22.9 Å². The molecule has 2 heterocycles. The van der Waals surface area contributed by atoms with E-state index in [9.17, 15) is 4.79 Å². The number of benzene rings is 2. The smallest absolute Gasteiger partial charge is 0.282 e. The molecule has 9 heteroatoms. The molecule has 0 unspecified atom stereocenters. The van der Waals surface area contributed by atoms with Gasteiger partial charge in [-0.2, -0.15) is 10.1 Å². The van der Waals surface area contributed by atoms with Crippen molar-refractivity contribution in [1.29, 1.82) is 0 Å². The van der Waals surface area contributed by atoms with Gasteiger partial charge in [-0.1, -0.05) is 11.2 Å². The summed E-state index contributed by atoms with van der Waals surface area (Å²) in [6, 6.07) is 14.5. The van der Waals surface area contributed by atoms with Crippen LogP contribution in [-0.2, 0) is 0 Å². The quantitative estimate of drug-likeness (QED) is 0.435. The minimum Gasteiger partial charge on any atom is -0.493 e. The maximum absolute atomic E-state index is 12.4. The Bertz CT molecular complexity index is 1250. The predicted octanol–water partition coefficient (Wildman–Crippen LogP) is 3.69. The van der Waals surface area contributed by atoms with Crippen LogP contribution in [0.25, 0.3) is 28.7 Å². The summed E-state index contributed by atoms with van der Waals surface area (Å²) < 4.78 is 17.5. The lowest BCUT2D eigenvalue weighted by molar-refractivity contribution is 0.355. The summed E-state index contributed by atoms with van der Waals surface area (Å²) in [7, 11) is 3.11. The Morgan fingerprint density at radius 3 is 2.63 bits per heavy atom. The van der Waals surface area contributed by atoms with E-state index < -0.39 is 0 Å². The van der Waals surface area contributed by atoms with Gasteiger partial charge >= 0.3 is 0 Å².